The van der Waals surface area contributed by atoms with Crippen LogP contribution < -0.4 is 0 Å². The SMILES string of the molecule is CCN(C[C@H](O)c1ccccc1Br)CC(C)(C)O. The molecule has 1 aromatic rings. The molecule has 0 aromatic heterocycles. The molecule has 0 radical (unpaired) electrons. The molecule has 0 aliphatic heterocycles. The summed E-state index contributed by atoms with van der Waals surface area (Å²) < 4.78 is 0.914. The van der Waals surface area contributed by atoms with Crippen LogP contribution in [0.1, 0.15) is 32.4 Å². The van der Waals surface area contributed by atoms with Crippen molar-refractivity contribution < 1.29 is 10.2 Å². The van der Waals surface area contributed by atoms with E-state index in [1.165, 1.54) is 0 Å². The largest absolute Gasteiger partial charge is 0.389 e. The summed E-state index contributed by atoms with van der Waals surface area (Å²) in [6.07, 6.45) is -0.553. The molecule has 0 aliphatic rings. The minimum atomic E-state index is -0.746. The van der Waals surface area contributed by atoms with Gasteiger partial charge in [0.25, 0.3) is 0 Å². The van der Waals surface area contributed by atoms with Gasteiger partial charge in [0.15, 0.2) is 0 Å². The number of benzene rings is 1. The van der Waals surface area contributed by atoms with Gasteiger partial charge < -0.3 is 10.2 Å². The highest BCUT2D eigenvalue weighted by Crippen LogP contribution is 2.24. The topological polar surface area (TPSA) is 43.7 Å². The molecular weight excluding hydrogens is 294 g/mol. The number of hydrogen-bond acceptors (Lipinski definition) is 3. The van der Waals surface area contributed by atoms with E-state index in [1.54, 1.807) is 13.8 Å². The molecule has 0 saturated heterocycles. The summed E-state index contributed by atoms with van der Waals surface area (Å²) in [5.41, 5.74) is 0.135. The fourth-order valence-corrected chi connectivity index (χ4v) is 2.49. The third-order valence-corrected chi connectivity index (χ3v) is 3.48. The van der Waals surface area contributed by atoms with Gasteiger partial charge in [-0.05, 0) is 32.0 Å². The average Bonchev–Trinajstić information content (AvgIpc) is 2.26. The highest BCUT2D eigenvalue weighted by Gasteiger charge is 2.20. The zero-order chi connectivity index (χ0) is 13.8. The van der Waals surface area contributed by atoms with Crippen molar-refractivity contribution in [3.8, 4) is 0 Å². The van der Waals surface area contributed by atoms with E-state index < -0.39 is 11.7 Å². The van der Waals surface area contributed by atoms with Gasteiger partial charge >= 0.3 is 0 Å². The van der Waals surface area contributed by atoms with E-state index in [9.17, 15) is 10.2 Å². The van der Waals surface area contributed by atoms with Crippen LogP contribution in [0.4, 0.5) is 0 Å². The van der Waals surface area contributed by atoms with Crippen LogP contribution >= 0.6 is 15.9 Å². The third kappa shape index (κ3) is 5.06. The molecule has 0 spiro atoms. The van der Waals surface area contributed by atoms with Crippen LogP contribution in [0.3, 0.4) is 0 Å². The molecule has 1 aromatic carbocycles. The molecule has 4 heteroatoms. The number of halogens is 1. The van der Waals surface area contributed by atoms with E-state index >= 15 is 0 Å². The Kier molecular flexibility index (Phi) is 5.79. The molecule has 1 rings (SSSR count). The van der Waals surface area contributed by atoms with Crippen LogP contribution in [0.5, 0.6) is 0 Å². The molecule has 0 bridgehead atoms. The van der Waals surface area contributed by atoms with E-state index in [0.29, 0.717) is 13.1 Å². The Hall–Kier alpha value is -0.420. The Balaban J connectivity index is 2.68. The second-order valence-corrected chi connectivity index (χ2v) is 6.03. The number of aliphatic hydroxyl groups is 2. The highest BCUT2D eigenvalue weighted by atomic mass is 79.9. The van der Waals surface area contributed by atoms with E-state index in [2.05, 4.69) is 15.9 Å². The molecular formula is C14H22BrNO2. The minimum Gasteiger partial charge on any atom is -0.389 e. The Morgan fingerprint density at radius 1 is 1.33 bits per heavy atom. The summed E-state index contributed by atoms with van der Waals surface area (Å²) in [7, 11) is 0. The van der Waals surface area contributed by atoms with Gasteiger partial charge in [0.05, 0.1) is 11.7 Å². The van der Waals surface area contributed by atoms with E-state index in [1.807, 2.05) is 36.1 Å². The maximum absolute atomic E-state index is 10.2. The maximum Gasteiger partial charge on any atom is 0.0927 e. The van der Waals surface area contributed by atoms with Crippen molar-refractivity contribution in [3.63, 3.8) is 0 Å². The molecule has 0 aliphatic carbocycles. The molecule has 0 amide bonds. The van der Waals surface area contributed by atoms with Crippen molar-refractivity contribution in [1.29, 1.82) is 0 Å². The van der Waals surface area contributed by atoms with Crippen LogP contribution in [0, 0.1) is 0 Å². The summed E-state index contributed by atoms with van der Waals surface area (Å²) in [6.45, 7) is 7.44. The molecule has 0 fully saturated rings. The monoisotopic (exact) mass is 315 g/mol. The van der Waals surface area contributed by atoms with E-state index in [4.69, 9.17) is 0 Å². The molecule has 0 unspecified atom stereocenters. The molecule has 1 atom stereocenters. The number of rotatable bonds is 6. The first kappa shape index (κ1) is 15.6. The van der Waals surface area contributed by atoms with Gasteiger partial charge in [-0.15, -0.1) is 0 Å². The van der Waals surface area contributed by atoms with E-state index in [-0.39, 0.29) is 0 Å². The van der Waals surface area contributed by atoms with Crippen LogP contribution in [-0.4, -0.2) is 40.3 Å². The molecule has 0 saturated carbocycles. The van der Waals surface area contributed by atoms with Crippen LogP contribution in [0.2, 0.25) is 0 Å². The van der Waals surface area contributed by atoms with Gasteiger partial charge in [0.1, 0.15) is 0 Å². The lowest BCUT2D eigenvalue weighted by atomic mass is 10.1. The standard InChI is InChI=1S/C14H22BrNO2/c1-4-16(10-14(2,3)18)9-13(17)11-7-5-6-8-12(11)15/h5-8,13,17-18H,4,9-10H2,1-3H3/t13-/m0/s1. The van der Waals surface area contributed by atoms with E-state index in [0.717, 1.165) is 16.6 Å². The summed E-state index contributed by atoms with van der Waals surface area (Å²) in [5.74, 6) is 0. The van der Waals surface area contributed by atoms with Crippen molar-refractivity contribution in [2.24, 2.45) is 0 Å². The van der Waals surface area contributed by atoms with Crippen molar-refractivity contribution in [2.45, 2.75) is 32.5 Å². The molecule has 3 nitrogen and oxygen atoms in total. The summed E-state index contributed by atoms with van der Waals surface area (Å²) >= 11 is 3.44. The smallest absolute Gasteiger partial charge is 0.0927 e. The zero-order valence-corrected chi connectivity index (χ0v) is 12.8. The van der Waals surface area contributed by atoms with Gasteiger partial charge in [0.2, 0.25) is 0 Å². The summed E-state index contributed by atoms with van der Waals surface area (Å²) in [6, 6.07) is 7.67. The van der Waals surface area contributed by atoms with Gasteiger partial charge in [-0.1, -0.05) is 41.1 Å². The highest BCUT2D eigenvalue weighted by molar-refractivity contribution is 9.10. The van der Waals surface area contributed by atoms with Crippen molar-refractivity contribution in [3.05, 3.63) is 34.3 Å². The Labute approximate surface area is 118 Å². The second-order valence-electron chi connectivity index (χ2n) is 5.18. The third-order valence-electron chi connectivity index (χ3n) is 2.75. The summed E-state index contributed by atoms with van der Waals surface area (Å²) in [5, 5.41) is 20.1. The molecule has 102 valence electrons. The van der Waals surface area contributed by atoms with Gasteiger partial charge in [-0.25, -0.2) is 0 Å². The minimum absolute atomic E-state index is 0.517. The van der Waals surface area contributed by atoms with Crippen molar-refractivity contribution >= 4 is 15.9 Å². The number of likely N-dealkylation sites (N-methyl/N-ethyl adjacent to an activating group) is 1. The quantitative estimate of drug-likeness (QED) is 0.848. The predicted octanol–water partition coefficient (Wildman–Crippen LogP) is 2.58. The molecule has 2 N–H and O–H groups in total. The predicted molar refractivity (Wildman–Crippen MR) is 77.5 cm³/mol. The zero-order valence-electron chi connectivity index (χ0n) is 11.2. The first-order chi connectivity index (χ1) is 8.33. The second kappa shape index (κ2) is 6.66. The van der Waals surface area contributed by atoms with Crippen LogP contribution in [0.25, 0.3) is 0 Å². The number of hydrogen-bond donors (Lipinski definition) is 2. The fourth-order valence-electron chi connectivity index (χ4n) is 1.94. The van der Waals surface area contributed by atoms with Crippen molar-refractivity contribution in [1.82, 2.24) is 4.90 Å². The Morgan fingerprint density at radius 2 is 1.94 bits per heavy atom. The number of nitrogens with zero attached hydrogens (tertiary/aromatic N) is 1. The van der Waals surface area contributed by atoms with Gasteiger partial charge in [0, 0.05) is 17.6 Å². The first-order valence-electron chi connectivity index (χ1n) is 6.20. The lowest BCUT2D eigenvalue weighted by molar-refractivity contribution is 0.0202. The summed E-state index contributed by atoms with van der Waals surface area (Å²) in [4.78, 5) is 2.05. The molecule has 18 heavy (non-hydrogen) atoms. The van der Waals surface area contributed by atoms with Gasteiger partial charge in [-0.3, -0.25) is 4.90 Å². The Morgan fingerprint density at radius 3 is 2.44 bits per heavy atom. The van der Waals surface area contributed by atoms with Crippen LogP contribution in [0.15, 0.2) is 28.7 Å². The van der Waals surface area contributed by atoms with Crippen LogP contribution in [-0.2, 0) is 0 Å². The lowest BCUT2D eigenvalue weighted by Gasteiger charge is -2.29. The fraction of sp³-hybridized carbons (Fsp3) is 0.571. The molecule has 0 heterocycles. The maximum atomic E-state index is 10.2. The first-order valence-corrected chi connectivity index (χ1v) is 7.00. The number of aliphatic hydroxyl groups excluding tert-OH is 1. The Bertz CT molecular complexity index is 376. The normalized spacial score (nSPS) is 13.9. The average molecular weight is 316 g/mol. The van der Waals surface area contributed by atoms with Crippen molar-refractivity contribution in [2.75, 3.05) is 19.6 Å². The lowest BCUT2D eigenvalue weighted by Crippen LogP contribution is -2.40. The van der Waals surface area contributed by atoms with Gasteiger partial charge in [-0.2, -0.15) is 0 Å².